The summed E-state index contributed by atoms with van der Waals surface area (Å²) in [5, 5.41) is 0. The minimum absolute atomic E-state index is 0.0161. The Hall–Kier alpha value is -1.38. The van der Waals surface area contributed by atoms with Gasteiger partial charge in [-0.15, -0.1) is 0 Å². The fourth-order valence-electron chi connectivity index (χ4n) is 1.50. The van der Waals surface area contributed by atoms with E-state index < -0.39 is 10.0 Å². The van der Waals surface area contributed by atoms with E-state index in [-0.39, 0.29) is 16.1 Å². The number of nitrogens with zero attached hydrogens (tertiary/aromatic N) is 1. The van der Waals surface area contributed by atoms with E-state index in [9.17, 15) is 8.42 Å². The second-order valence-corrected chi connectivity index (χ2v) is 6.22. The Labute approximate surface area is 119 Å². The second kappa shape index (κ2) is 5.32. The first-order valence-electron chi connectivity index (χ1n) is 5.36. The van der Waals surface area contributed by atoms with Crippen LogP contribution in [0, 0.1) is 6.92 Å². The summed E-state index contributed by atoms with van der Waals surface area (Å²) in [4.78, 5) is 4.01. The molecule has 2 aromatic rings. The molecule has 0 amide bonds. The maximum atomic E-state index is 12.2. The van der Waals surface area contributed by atoms with Gasteiger partial charge in [-0.1, -0.05) is 0 Å². The van der Waals surface area contributed by atoms with Crippen molar-refractivity contribution >= 4 is 31.6 Å². The highest BCUT2D eigenvalue weighted by molar-refractivity contribution is 9.10. The Balaban J connectivity index is 2.34. The molecule has 0 unspecified atom stereocenters. The van der Waals surface area contributed by atoms with E-state index in [1.807, 2.05) is 0 Å². The highest BCUT2D eigenvalue weighted by atomic mass is 79.9. The standard InChI is InChI=1S/C11H12BrN3O3S/c1-7-4-8(2-3-14-7)15-19(16,17)10-5-9(6-13)18-11(10)12/h2-5H,6,13H2,1H3,(H,14,15). The Kier molecular flexibility index (Phi) is 3.93. The van der Waals surface area contributed by atoms with Gasteiger partial charge >= 0.3 is 0 Å². The van der Waals surface area contributed by atoms with Gasteiger partial charge in [-0.25, -0.2) is 8.42 Å². The van der Waals surface area contributed by atoms with E-state index in [1.165, 1.54) is 12.3 Å². The Morgan fingerprint density at radius 2 is 2.21 bits per heavy atom. The minimum Gasteiger partial charge on any atom is -0.452 e. The molecule has 2 heterocycles. The van der Waals surface area contributed by atoms with E-state index in [0.717, 1.165) is 0 Å². The van der Waals surface area contributed by atoms with E-state index in [0.29, 0.717) is 17.1 Å². The van der Waals surface area contributed by atoms with Gasteiger partial charge in [0.05, 0.1) is 12.2 Å². The van der Waals surface area contributed by atoms with Crippen LogP contribution in [0.3, 0.4) is 0 Å². The van der Waals surface area contributed by atoms with E-state index in [1.54, 1.807) is 19.1 Å². The zero-order valence-electron chi connectivity index (χ0n) is 10.1. The number of furan rings is 1. The van der Waals surface area contributed by atoms with Crippen LogP contribution in [0.2, 0.25) is 0 Å². The fraction of sp³-hybridized carbons (Fsp3) is 0.182. The number of hydrogen-bond donors (Lipinski definition) is 2. The molecule has 0 bridgehead atoms. The van der Waals surface area contributed by atoms with Crippen molar-refractivity contribution in [1.82, 2.24) is 4.98 Å². The van der Waals surface area contributed by atoms with Crippen molar-refractivity contribution in [1.29, 1.82) is 0 Å². The van der Waals surface area contributed by atoms with Crippen LogP contribution in [0.15, 0.2) is 38.4 Å². The van der Waals surface area contributed by atoms with Gasteiger partial charge in [-0.05, 0) is 35.0 Å². The van der Waals surface area contributed by atoms with Crippen molar-refractivity contribution < 1.29 is 12.8 Å². The van der Waals surface area contributed by atoms with Crippen molar-refractivity contribution in [2.75, 3.05) is 4.72 Å². The third-order valence-electron chi connectivity index (χ3n) is 2.35. The maximum absolute atomic E-state index is 12.2. The number of nitrogens with one attached hydrogen (secondary N) is 1. The zero-order valence-corrected chi connectivity index (χ0v) is 12.5. The Bertz CT molecular complexity index is 697. The van der Waals surface area contributed by atoms with Gasteiger partial charge < -0.3 is 10.2 Å². The van der Waals surface area contributed by atoms with Crippen molar-refractivity contribution in [3.63, 3.8) is 0 Å². The third-order valence-corrected chi connectivity index (χ3v) is 4.58. The average molecular weight is 346 g/mol. The van der Waals surface area contributed by atoms with E-state index in [2.05, 4.69) is 25.6 Å². The molecule has 19 heavy (non-hydrogen) atoms. The first-order valence-corrected chi connectivity index (χ1v) is 7.64. The summed E-state index contributed by atoms with van der Waals surface area (Å²) in [7, 11) is -3.72. The lowest BCUT2D eigenvalue weighted by atomic mass is 10.3. The molecule has 0 aliphatic carbocycles. The van der Waals surface area contributed by atoms with Gasteiger partial charge in [0.2, 0.25) is 0 Å². The molecule has 102 valence electrons. The lowest BCUT2D eigenvalue weighted by molar-refractivity contribution is 0.484. The fourth-order valence-corrected chi connectivity index (χ4v) is 3.55. The summed E-state index contributed by atoms with van der Waals surface area (Å²) < 4.78 is 32.2. The second-order valence-electron chi connectivity index (χ2n) is 3.85. The molecular formula is C11H12BrN3O3S. The summed E-state index contributed by atoms with van der Waals surface area (Å²) in [6.45, 7) is 1.90. The first-order chi connectivity index (χ1) is 8.92. The molecular weight excluding hydrogens is 334 g/mol. The highest BCUT2D eigenvalue weighted by Crippen LogP contribution is 2.27. The molecule has 0 saturated heterocycles. The van der Waals surface area contributed by atoms with Gasteiger partial charge in [0.25, 0.3) is 10.0 Å². The van der Waals surface area contributed by atoms with Crippen LogP contribution in [-0.4, -0.2) is 13.4 Å². The Morgan fingerprint density at radius 3 is 2.79 bits per heavy atom. The monoisotopic (exact) mass is 345 g/mol. The molecule has 2 rings (SSSR count). The van der Waals surface area contributed by atoms with E-state index in [4.69, 9.17) is 10.2 Å². The number of aromatic nitrogens is 1. The molecule has 0 aliphatic heterocycles. The summed E-state index contributed by atoms with van der Waals surface area (Å²) in [6.07, 6.45) is 1.53. The number of nitrogens with two attached hydrogens (primary N) is 1. The molecule has 2 aromatic heterocycles. The molecule has 0 radical (unpaired) electrons. The van der Waals surface area contributed by atoms with Crippen LogP contribution in [0.25, 0.3) is 0 Å². The number of aryl methyl sites for hydroxylation is 1. The summed E-state index contributed by atoms with van der Waals surface area (Å²) in [6, 6.07) is 4.60. The third kappa shape index (κ3) is 3.14. The van der Waals surface area contributed by atoms with Gasteiger partial charge in [-0.3, -0.25) is 9.71 Å². The van der Waals surface area contributed by atoms with Crippen molar-refractivity contribution in [2.24, 2.45) is 5.73 Å². The molecule has 6 nitrogen and oxygen atoms in total. The van der Waals surface area contributed by atoms with Gasteiger partial charge in [0.15, 0.2) is 4.67 Å². The number of hydrogen-bond acceptors (Lipinski definition) is 5. The average Bonchev–Trinajstić information content (AvgIpc) is 2.71. The van der Waals surface area contributed by atoms with Crippen LogP contribution in [0.5, 0.6) is 0 Å². The number of sulfonamides is 1. The summed E-state index contributed by atoms with van der Waals surface area (Å²) in [5.74, 6) is 0.387. The molecule has 0 spiro atoms. The van der Waals surface area contributed by atoms with Crippen LogP contribution >= 0.6 is 15.9 Å². The number of anilines is 1. The Morgan fingerprint density at radius 1 is 1.47 bits per heavy atom. The predicted molar refractivity (Wildman–Crippen MR) is 74.1 cm³/mol. The van der Waals surface area contributed by atoms with Gasteiger partial charge in [0, 0.05) is 18.0 Å². The van der Waals surface area contributed by atoms with Crippen molar-refractivity contribution in [3.05, 3.63) is 40.5 Å². The quantitative estimate of drug-likeness (QED) is 0.882. The number of rotatable bonds is 4. The molecule has 8 heteroatoms. The normalized spacial score (nSPS) is 11.5. The van der Waals surface area contributed by atoms with Gasteiger partial charge in [0.1, 0.15) is 10.7 Å². The lowest BCUT2D eigenvalue weighted by Crippen LogP contribution is -2.12. The number of halogens is 1. The SMILES string of the molecule is Cc1cc(NS(=O)(=O)c2cc(CN)oc2Br)ccn1. The minimum atomic E-state index is -3.72. The van der Waals surface area contributed by atoms with Crippen LogP contribution in [0.1, 0.15) is 11.5 Å². The lowest BCUT2D eigenvalue weighted by Gasteiger charge is -2.06. The van der Waals surface area contributed by atoms with Crippen LogP contribution in [-0.2, 0) is 16.6 Å². The summed E-state index contributed by atoms with van der Waals surface area (Å²) >= 11 is 3.07. The number of pyridine rings is 1. The largest absolute Gasteiger partial charge is 0.452 e. The van der Waals surface area contributed by atoms with Crippen molar-refractivity contribution in [3.8, 4) is 0 Å². The molecule has 0 saturated carbocycles. The topological polar surface area (TPSA) is 98.2 Å². The molecule has 0 fully saturated rings. The maximum Gasteiger partial charge on any atom is 0.266 e. The molecule has 0 aromatic carbocycles. The zero-order chi connectivity index (χ0) is 14.0. The first kappa shape index (κ1) is 14.0. The van der Waals surface area contributed by atoms with Gasteiger partial charge in [-0.2, -0.15) is 0 Å². The van der Waals surface area contributed by atoms with Crippen molar-refractivity contribution in [2.45, 2.75) is 18.4 Å². The molecule has 0 aliphatic rings. The predicted octanol–water partition coefficient (Wildman–Crippen LogP) is 2.01. The smallest absolute Gasteiger partial charge is 0.266 e. The molecule has 0 atom stereocenters. The summed E-state index contributed by atoms with van der Waals surface area (Å²) in [5.41, 5.74) is 6.57. The molecule has 3 N–H and O–H groups in total. The highest BCUT2D eigenvalue weighted by Gasteiger charge is 2.22. The van der Waals surface area contributed by atoms with Crippen LogP contribution < -0.4 is 10.5 Å². The van der Waals surface area contributed by atoms with E-state index >= 15 is 0 Å². The van der Waals surface area contributed by atoms with Crippen LogP contribution in [0.4, 0.5) is 5.69 Å².